The number of nitrogens with two attached hydrogens (primary N) is 1. The summed E-state index contributed by atoms with van der Waals surface area (Å²) in [4.78, 5) is 36.8. The second kappa shape index (κ2) is 10.9. The molecule has 0 unspecified atom stereocenters. The van der Waals surface area contributed by atoms with Gasteiger partial charge in [-0.3, -0.25) is 9.59 Å². The molecule has 0 saturated carbocycles. The van der Waals surface area contributed by atoms with Crippen LogP contribution in [-0.2, 0) is 19.1 Å². The zero-order chi connectivity index (χ0) is 21.2. The number of carbonyl (C=O) groups is 3. The summed E-state index contributed by atoms with van der Waals surface area (Å²) >= 11 is 0. The normalized spacial score (nSPS) is 14.4. The van der Waals surface area contributed by atoms with Crippen LogP contribution < -0.4 is 15.2 Å². The number of methoxy groups -OCH3 is 1. The molecule has 0 atom stereocenters. The van der Waals surface area contributed by atoms with Gasteiger partial charge in [-0.25, -0.2) is 4.79 Å². The van der Waals surface area contributed by atoms with E-state index < -0.39 is 5.97 Å². The summed E-state index contributed by atoms with van der Waals surface area (Å²) in [6, 6.07) is 5.21. The fourth-order valence-corrected chi connectivity index (χ4v) is 2.91. The summed E-state index contributed by atoms with van der Waals surface area (Å²) in [7, 11) is 1.52. The van der Waals surface area contributed by atoms with Crippen molar-refractivity contribution in [2.24, 2.45) is 11.7 Å². The zero-order valence-electron chi connectivity index (χ0n) is 16.5. The van der Waals surface area contributed by atoms with Gasteiger partial charge in [0, 0.05) is 25.1 Å². The molecule has 1 aliphatic rings. The maximum atomic E-state index is 12.1. The first-order chi connectivity index (χ1) is 13.9. The van der Waals surface area contributed by atoms with E-state index in [1.807, 2.05) is 0 Å². The quantitative estimate of drug-likeness (QED) is 0.381. The summed E-state index contributed by atoms with van der Waals surface area (Å²) in [5, 5.41) is 0. The molecule has 1 heterocycles. The molecule has 8 heteroatoms. The Balaban J connectivity index is 1.83. The van der Waals surface area contributed by atoms with Crippen molar-refractivity contribution in [1.82, 2.24) is 4.90 Å². The number of carbonyl (C=O) groups excluding carboxylic acids is 3. The van der Waals surface area contributed by atoms with Crippen molar-refractivity contribution in [3.63, 3.8) is 0 Å². The van der Waals surface area contributed by atoms with E-state index in [1.54, 1.807) is 35.3 Å². The summed E-state index contributed by atoms with van der Waals surface area (Å²) < 4.78 is 15.8. The van der Waals surface area contributed by atoms with Gasteiger partial charge in [-0.1, -0.05) is 18.7 Å². The van der Waals surface area contributed by atoms with Crippen LogP contribution in [0.4, 0.5) is 0 Å². The third-order valence-corrected chi connectivity index (χ3v) is 4.54. The van der Waals surface area contributed by atoms with Gasteiger partial charge in [0.2, 0.25) is 5.91 Å². The first kappa shape index (κ1) is 22.0. The number of hydrogen-bond acceptors (Lipinski definition) is 6. The number of hydrogen-bond donors (Lipinski definition) is 1. The number of esters is 1. The predicted molar refractivity (Wildman–Crippen MR) is 107 cm³/mol. The average Bonchev–Trinajstić information content (AvgIpc) is 2.74. The Kier molecular flexibility index (Phi) is 8.27. The number of piperidine rings is 1. The van der Waals surface area contributed by atoms with Crippen LogP contribution in [0.25, 0.3) is 6.08 Å². The topological polar surface area (TPSA) is 108 Å². The molecule has 1 saturated heterocycles. The molecule has 0 radical (unpaired) electrons. The number of likely N-dealkylation sites (tertiary alicyclic amines) is 1. The largest absolute Gasteiger partial charge is 0.493 e. The van der Waals surface area contributed by atoms with Crippen LogP contribution in [0.5, 0.6) is 11.5 Å². The van der Waals surface area contributed by atoms with E-state index in [-0.39, 0.29) is 24.3 Å². The van der Waals surface area contributed by atoms with Gasteiger partial charge < -0.3 is 24.8 Å². The van der Waals surface area contributed by atoms with E-state index in [0.29, 0.717) is 49.6 Å². The molecular weight excluding hydrogens is 376 g/mol. The number of primary amides is 1. The Morgan fingerprint density at radius 3 is 2.59 bits per heavy atom. The monoisotopic (exact) mass is 402 g/mol. The average molecular weight is 402 g/mol. The van der Waals surface area contributed by atoms with Gasteiger partial charge in [-0.05, 0) is 36.6 Å². The van der Waals surface area contributed by atoms with E-state index in [0.717, 1.165) is 0 Å². The Morgan fingerprint density at radius 1 is 1.24 bits per heavy atom. The molecule has 1 aromatic rings. The number of ether oxygens (including phenoxy) is 3. The SMILES string of the molecule is C=CCOc1ccc(/C=C/C(=O)OCC(=O)N2CCC(C(N)=O)CC2)cc1OC. The maximum Gasteiger partial charge on any atom is 0.331 e. The minimum absolute atomic E-state index is 0.199. The summed E-state index contributed by atoms with van der Waals surface area (Å²) in [5.74, 6) is -0.369. The van der Waals surface area contributed by atoms with Crippen molar-refractivity contribution in [3.05, 3.63) is 42.5 Å². The van der Waals surface area contributed by atoms with E-state index in [1.165, 1.54) is 13.2 Å². The van der Waals surface area contributed by atoms with E-state index in [9.17, 15) is 14.4 Å². The molecule has 0 spiro atoms. The molecule has 0 aromatic heterocycles. The van der Waals surface area contributed by atoms with E-state index in [2.05, 4.69) is 6.58 Å². The minimum atomic E-state index is -0.628. The van der Waals surface area contributed by atoms with Gasteiger partial charge in [0.05, 0.1) is 7.11 Å². The molecule has 0 aliphatic carbocycles. The highest BCUT2D eigenvalue weighted by Gasteiger charge is 2.26. The molecular formula is C21H26N2O6. The lowest BCUT2D eigenvalue weighted by Crippen LogP contribution is -2.43. The lowest BCUT2D eigenvalue weighted by molar-refractivity contribution is -0.149. The van der Waals surface area contributed by atoms with Crippen LogP contribution >= 0.6 is 0 Å². The standard InChI is InChI=1S/C21H26N2O6/c1-3-12-28-17-6-4-15(13-18(17)27-2)5-7-20(25)29-14-19(24)23-10-8-16(9-11-23)21(22)26/h3-7,13,16H,1,8-12,14H2,2H3,(H2,22,26)/b7-5+. The van der Waals surface area contributed by atoms with Gasteiger partial charge >= 0.3 is 5.97 Å². The second-order valence-electron chi connectivity index (χ2n) is 6.51. The van der Waals surface area contributed by atoms with Crippen LogP contribution in [0.15, 0.2) is 36.9 Å². The first-order valence-corrected chi connectivity index (χ1v) is 9.28. The summed E-state index contributed by atoms with van der Waals surface area (Å²) in [6.45, 7) is 4.46. The maximum absolute atomic E-state index is 12.1. The molecule has 1 aromatic carbocycles. The van der Waals surface area contributed by atoms with Crippen LogP contribution in [0.1, 0.15) is 18.4 Å². The smallest absolute Gasteiger partial charge is 0.331 e. The number of rotatable bonds is 9. The minimum Gasteiger partial charge on any atom is -0.493 e. The predicted octanol–water partition coefficient (Wildman–Crippen LogP) is 1.54. The van der Waals surface area contributed by atoms with Crippen molar-refractivity contribution in [2.45, 2.75) is 12.8 Å². The lowest BCUT2D eigenvalue weighted by atomic mass is 9.96. The van der Waals surface area contributed by atoms with Crippen molar-refractivity contribution >= 4 is 23.9 Å². The first-order valence-electron chi connectivity index (χ1n) is 9.28. The van der Waals surface area contributed by atoms with Gasteiger partial charge in [0.1, 0.15) is 6.61 Å². The zero-order valence-corrected chi connectivity index (χ0v) is 16.5. The third-order valence-electron chi connectivity index (χ3n) is 4.54. The summed E-state index contributed by atoms with van der Waals surface area (Å²) in [5.41, 5.74) is 5.99. The third kappa shape index (κ3) is 6.67. The fourth-order valence-electron chi connectivity index (χ4n) is 2.91. The second-order valence-corrected chi connectivity index (χ2v) is 6.51. The Labute approximate surface area is 169 Å². The van der Waals surface area contributed by atoms with Crippen molar-refractivity contribution in [1.29, 1.82) is 0 Å². The molecule has 8 nitrogen and oxygen atoms in total. The number of amides is 2. The van der Waals surface area contributed by atoms with Crippen molar-refractivity contribution in [3.8, 4) is 11.5 Å². The lowest BCUT2D eigenvalue weighted by Gasteiger charge is -2.30. The van der Waals surface area contributed by atoms with Crippen LogP contribution in [0.2, 0.25) is 0 Å². The highest BCUT2D eigenvalue weighted by molar-refractivity contribution is 5.89. The highest BCUT2D eigenvalue weighted by atomic mass is 16.5. The molecule has 1 fully saturated rings. The highest BCUT2D eigenvalue weighted by Crippen LogP contribution is 2.28. The van der Waals surface area contributed by atoms with Crippen LogP contribution in [-0.4, -0.2) is 56.1 Å². The molecule has 0 bridgehead atoms. The molecule has 2 rings (SSSR count). The van der Waals surface area contributed by atoms with Gasteiger partial charge in [0.15, 0.2) is 18.1 Å². The van der Waals surface area contributed by atoms with Gasteiger partial charge in [0.25, 0.3) is 5.91 Å². The molecule has 2 amide bonds. The summed E-state index contributed by atoms with van der Waals surface area (Å²) in [6.07, 6.45) is 5.49. The Bertz CT molecular complexity index is 781. The van der Waals surface area contributed by atoms with Crippen LogP contribution in [0, 0.1) is 5.92 Å². The fraction of sp³-hybridized carbons (Fsp3) is 0.381. The molecule has 156 valence electrons. The van der Waals surface area contributed by atoms with Gasteiger partial charge in [-0.15, -0.1) is 0 Å². The molecule has 1 aliphatic heterocycles. The van der Waals surface area contributed by atoms with E-state index in [4.69, 9.17) is 19.9 Å². The van der Waals surface area contributed by atoms with Gasteiger partial charge in [-0.2, -0.15) is 0 Å². The van der Waals surface area contributed by atoms with Crippen LogP contribution in [0.3, 0.4) is 0 Å². The molecule has 29 heavy (non-hydrogen) atoms. The Morgan fingerprint density at radius 2 is 1.97 bits per heavy atom. The Hall–Kier alpha value is -3.29. The number of nitrogens with zero attached hydrogens (tertiary/aromatic N) is 1. The van der Waals surface area contributed by atoms with Crippen molar-refractivity contribution in [2.75, 3.05) is 33.4 Å². The van der Waals surface area contributed by atoms with Crippen molar-refractivity contribution < 1.29 is 28.6 Å². The van der Waals surface area contributed by atoms with E-state index >= 15 is 0 Å². The molecule has 2 N–H and O–H groups in total. The number of benzene rings is 1.